The van der Waals surface area contributed by atoms with Crippen molar-refractivity contribution >= 4 is 40.5 Å². The summed E-state index contributed by atoms with van der Waals surface area (Å²) in [6.45, 7) is 7.26. The largest absolute Gasteiger partial charge is 0.450 e. The first-order valence-corrected chi connectivity index (χ1v) is 12.2. The van der Waals surface area contributed by atoms with Gasteiger partial charge in [-0.15, -0.1) is 11.3 Å². The van der Waals surface area contributed by atoms with Crippen LogP contribution in [0.15, 0.2) is 47.5 Å². The number of nitrogens with zero attached hydrogens (tertiary/aromatic N) is 2. The van der Waals surface area contributed by atoms with E-state index in [1.165, 1.54) is 21.8 Å². The average Bonchev–Trinajstić information content (AvgIpc) is 3.41. The van der Waals surface area contributed by atoms with Gasteiger partial charge >= 0.3 is 6.09 Å². The number of imide groups is 1. The topological polar surface area (TPSA) is 79.0 Å². The molecular weight excluding hydrogens is 438 g/mol. The van der Waals surface area contributed by atoms with E-state index in [1.54, 1.807) is 11.8 Å². The summed E-state index contributed by atoms with van der Waals surface area (Å²) >= 11 is 1.44. The quantitative estimate of drug-likeness (QED) is 0.624. The molecule has 0 unspecified atom stereocenters. The van der Waals surface area contributed by atoms with Crippen LogP contribution < -0.4 is 5.32 Å². The van der Waals surface area contributed by atoms with Crippen molar-refractivity contribution in [2.24, 2.45) is 0 Å². The van der Waals surface area contributed by atoms with Crippen molar-refractivity contribution in [2.45, 2.75) is 45.6 Å². The molecule has 0 saturated carbocycles. The first-order chi connectivity index (χ1) is 15.9. The molecule has 0 aliphatic carbocycles. The van der Waals surface area contributed by atoms with Gasteiger partial charge in [-0.3, -0.25) is 14.5 Å². The standard InChI is InChI=1S/C25H29N3O4S/c1-4-32-25(31)27-13-11-19(12-14-27)28-23(29)21(20-6-5-15-33-20)22(24(28)30)26-18-9-7-17(8-10-18)16(2)3/h5-10,15-16,19,26H,4,11-14H2,1-3H3. The maximum atomic E-state index is 13.5. The molecule has 2 aliphatic rings. The molecule has 33 heavy (non-hydrogen) atoms. The molecule has 1 saturated heterocycles. The fourth-order valence-electron chi connectivity index (χ4n) is 4.26. The SMILES string of the molecule is CCOC(=O)N1CCC(N2C(=O)C(Nc3ccc(C(C)C)cc3)=C(c3cccs3)C2=O)CC1. The van der Waals surface area contributed by atoms with Crippen molar-refractivity contribution in [2.75, 3.05) is 25.0 Å². The van der Waals surface area contributed by atoms with Gasteiger partial charge in [0.05, 0.1) is 12.2 Å². The van der Waals surface area contributed by atoms with Crippen LogP contribution in [0.5, 0.6) is 0 Å². The lowest BCUT2D eigenvalue weighted by Gasteiger charge is -2.35. The zero-order valence-electron chi connectivity index (χ0n) is 19.2. The number of hydrogen-bond acceptors (Lipinski definition) is 6. The second kappa shape index (κ2) is 9.79. The lowest BCUT2D eigenvalue weighted by Crippen LogP contribution is -2.49. The van der Waals surface area contributed by atoms with Crippen molar-refractivity contribution in [3.63, 3.8) is 0 Å². The average molecular weight is 468 g/mol. The number of anilines is 1. The predicted octanol–water partition coefficient (Wildman–Crippen LogP) is 4.68. The van der Waals surface area contributed by atoms with Crippen molar-refractivity contribution in [3.8, 4) is 0 Å². The van der Waals surface area contributed by atoms with Crippen molar-refractivity contribution in [1.29, 1.82) is 0 Å². The number of benzene rings is 1. The Labute approximate surface area is 198 Å². The summed E-state index contributed by atoms with van der Waals surface area (Å²) in [4.78, 5) is 42.8. The van der Waals surface area contributed by atoms with Crippen LogP contribution in [-0.4, -0.2) is 53.4 Å². The molecule has 1 aromatic carbocycles. The minimum absolute atomic E-state index is 0.256. The Morgan fingerprint density at radius 1 is 1.12 bits per heavy atom. The Bertz CT molecular complexity index is 1050. The van der Waals surface area contributed by atoms with Gasteiger partial charge in [-0.05, 0) is 54.8 Å². The van der Waals surface area contributed by atoms with Gasteiger partial charge in [0.2, 0.25) is 0 Å². The molecule has 174 valence electrons. The van der Waals surface area contributed by atoms with E-state index >= 15 is 0 Å². The molecule has 4 rings (SSSR count). The van der Waals surface area contributed by atoms with Gasteiger partial charge in [-0.2, -0.15) is 0 Å². The summed E-state index contributed by atoms with van der Waals surface area (Å²) in [5, 5.41) is 5.13. The predicted molar refractivity (Wildman–Crippen MR) is 129 cm³/mol. The third kappa shape index (κ3) is 4.66. The third-order valence-electron chi connectivity index (χ3n) is 6.09. The zero-order chi connectivity index (χ0) is 23.5. The molecule has 1 fully saturated rings. The van der Waals surface area contributed by atoms with E-state index in [2.05, 4.69) is 19.2 Å². The second-order valence-electron chi connectivity index (χ2n) is 8.53. The van der Waals surface area contributed by atoms with Gasteiger partial charge in [0.25, 0.3) is 11.8 Å². The number of ether oxygens (including phenoxy) is 1. The van der Waals surface area contributed by atoms with Crippen molar-refractivity contribution in [3.05, 3.63) is 57.9 Å². The van der Waals surface area contributed by atoms with Crippen LogP contribution in [-0.2, 0) is 14.3 Å². The highest BCUT2D eigenvalue weighted by Gasteiger charge is 2.44. The maximum Gasteiger partial charge on any atom is 0.409 e. The maximum absolute atomic E-state index is 13.5. The lowest BCUT2D eigenvalue weighted by molar-refractivity contribution is -0.140. The van der Waals surface area contributed by atoms with Gasteiger partial charge in [0.15, 0.2) is 0 Å². The van der Waals surface area contributed by atoms with Crippen molar-refractivity contribution in [1.82, 2.24) is 9.80 Å². The summed E-state index contributed by atoms with van der Waals surface area (Å²) in [6, 6.07) is 11.4. The number of thiophene rings is 1. The molecule has 0 bridgehead atoms. The van der Waals surface area contributed by atoms with Gasteiger partial charge in [0.1, 0.15) is 5.70 Å². The van der Waals surface area contributed by atoms with Gasteiger partial charge in [-0.1, -0.05) is 32.0 Å². The van der Waals surface area contributed by atoms with Crippen LogP contribution in [0.4, 0.5) is 10.5 Å². The number of carbonyl (C=O) groups is 3. The van der Waals surface area contributed by atoms with Crippen LogP contribution in [0.2, 0.25) is 0 Å². The molecule has 1 aromatic heterocycles. The van der Waals surface area contributed by atoms with Crippen molar-refractivity contribution < 1.29 is 19.1 Å². The molecule has 7 nitrogen and oxygen atoms in total. The van der Waals surface area contributed by atoms with Crippen LogP contribution in [0.3, 0.4) is 0 Å². The van der Waals surface area contributed by atoms with Gasteiger partial charge in [0, 0.05) is 29.7 Å². The number of nitrogens with one attached hydrogen (secondary N) is 1. The summed E-state index contributed by atoms with van der Waals surface area (Å²) < 4.78 is 5.08. The molecule has 8 heteroatoms. The Morgan fingerprint density at radius 3 is 2.39 bits per heavy atom. The fraction of sp³-hybridized carbons (Fsp3) is 0.400. The Morgan fingerprint density at radius 2 is 1.82 bits per heavy atom. The highest BCUT2D eigenvalue weighted by Crippen LogP contribution is 2.35. The third-order valence-corrected chi connectivity index (χ3v) is 6.97. The van der Waals surface area contributed by atoms with Crippen LogP contribution in [0.25, 0.3) is 5.57 Å². The monoisotopic (exact) mass is 467 g/mol. The Kier molecular flexibility index (Phi) is 6.83. The van der Waals surface area contributed by atoms with E-state index in [4.69, 9.17) is 4.74 Å². The number of carbonyl (C=O) groups excluding carboxylic acids is 3. The lowest BCUT2D eigenvalue weighted by atomic mass is 10.0. The summed E-state index contributed by atoms with van der Waals surface area (Å²) in [6.07, 6.45) is 0.717. The van der Waals surface area contributed by atoms with Crippen LogP contribution in [0, 0.1) is 0 Å². The Hall–Kier alpha value is -3.13. The fourth-order valence-corrected chi connectivity index (χ4v) is 5.03. The highest BCUT2D eigenvalue weighted by atomic mass is 32.1. The smallest absolute Gasteiger partial charge is 0.409 e. The first kappa shape index (κ1) is 23.0. The number of rotatable bonds is 6. The summed E-state index contributed by atoms with van der Waals surface area (Å²) in [5.41, 5.74) is 2.70. The van der Waals surface area contributed by atoms with Gasteiger partial charge < -0.3 is 15.0 Å². The van der Waals surface area contributed by atoms with Crippen LogP contribution in [0.1, 0.15) is 50.0 Å². The van der Waals surface area contributed by atoms with E-state index in [9.17, 15) is 14.4 Å². The van der Waals surface area contributed by atoms with E-state index in [0.29, 0.717) is 49.7 Å². The summed E-state index contributed by atoms with van der Waals surface area (Å²) in [7, 11) is 0. The number of likely N-dealkylation sites (tertiary alicyclic amines) is 1. The Balaban J connectivity index is 1.56. The molecule has 0 spiro atoms. The molecular formula is C25H29N3O4S. The molecule has 0 atom stereocenters. The van der Waals surface area contributed by atoms with E-state index in [0.717, 1.165) is 10.6 Å². The molecule has 3 amide bonds. The molecule has 1 N–H and O–H groups in total. The second-order valence-corrected chi connectivity index (χ2v) is 9.47. The molecule has 2 aromatic rings. The molecule has 0 radical (unpaired) electrons. The number of hydrogen-bond donors (Lipinski definition) is 1. The van der Waals surface area contributed by atoms with Crippen LogP contribution >= 0.6 is 11.3 Å². The van der Waals surface area contributed by atoms with Gasteiger partial charge in [-0.25, -0.2) is 4.79 Å². The normalized spacial score (nSPS) is 17.3. The van der Waals surface area contributed by atoms with E-state index in [-0.39, 0.29) is 23.9 Å². The molecule has 2 aliphatic heterocycles. The number of amides is 3. The minimum Gasteiger partial charge on any atom is -0.450 e. The number of piperidine rings is 1. The molecule has 3 heterocycles. The zero-order valence-corrected chi connectivity index (χ0v) is 20.0. The van der Waals surface area contributed by atoms with E-state index in [1.807, 2.05) is 41.8 Å². The van der Waals surface area contributed by atoms with E-state index < -0.39 is 0 Å². The first-order valence-electron chi connectivity index (χ1n) is 11.4. The minimum atomic E-state index is -0.348. The summed E-state index contributed by atoms with van der Waals surface area (Å²) in [5.74, 6) is -0.185. The highest BCUT2D eigenvalue weighted by molar-refractivity contribution is 7.11.